The zero-order valence-electron chi connectivity index (χ0n) is 10.9. The molecule has 5 heteroatoms. The van der Waals surface area contributed by atoms with Crippen LogP contribution in [-0.4, -0.2) is 7.11 Å². The highest BCUT2D eigenvalue weighted by Gasteiger charge is 2.23. The van der Waals surface area contributed by atoms with E-state index in [9.17, 15) is 13.2 Å². The van der Waals surface area contributed by atoms with Crippen LogP contribution in [0.3, 0.4) is 0 Å². The van der Waals surface area contributed by atoms with Gasteiger partial charge in [-0.05, 0) is 30.7 Å². The van der Waals surface area contributed by atoms with Crippen molar-refractivity contribution in [3.63, 3.8) is 0 Å². The Labute approximate surface area is 119 Å². The molecule has 1 unspecified atom stereocenters. The molecule has 0 fully saturated rings. The third-order valence-corrected chi connectivity index (χ3v) is 3.49. The van der Waals surface area contributed by atoms with Gasteiger partial charge in [0.2, 0.25) is 0 Å². The molecule has 106 valence electrons. The first-order valence-corrected chi connectivity index (χ1v) is 6.31. The molecular weight excluding hydrogens is 289 g/mol. The van der Waals surface area contributed by atoms with Gasteiger partial charge in [0.25, 0.3) is 0 Å². The van der Waals surface area contributed by atoms with Crippen molar-refractivity contribution in [3.05, 3.63) is 64.5 Å². The van der Waals surface area contributed by atoms with E-state index in [0.29, 0.717) is 0 Å². The summed E-state index contributed by atoms with van der Waals surface area (Å²) in [6, 6.07) is 6.22. The summed E-state index contributed by atoms with van der Waals surface area (Å²) in [5.74, 6) is -1.88. The van der Waals surface area contributed by atoms with Crippen LogP contribution in [0.15, 0.2) is 30.3 Å². The molecular formula is C15H12ClF3O. The molecule has 0 heterocycles. The average molecular weight is 301 g/mol. The molecule has 0 aliphatic carbocycles. The summed E-state index contributed by atoms with van der Waals surface area (Å²) >= 11 is 6.17. The van der Waals surface area contributed by atoms with Crippen molar-refractivity contribution in [2.24, 2.45) is 0 Å². The first-order chi connectivity index (χ1) is 9.45. The van der Waals surface area contributed by atoms with Gasteiger partial charge in [-0.15, -0.1) is 11.6 Å². The Balaban J connectivity index is 2.57. The molecule has 0 N–H and O–H groups in total. The summed E-state index contributed by atoms with van der Waals surface area (Å²) in [4.78, 5) is 0. The molecule has 0 spiro atoms. The molecule has 2 rings (SSSR count). The minimum atomic E-state index is -1.11. The second-order valence-corrected chi connectivity index (χ2v) is 4.78. The van der Waals surface area contributed by atoms with Gasteiger partial charge < -0.3 is 4.74 Å². The van der Waals surface area contributed by atoms with Crippen LogP contribution >= 0.6 is 11.6 Å². The summed E-state index contributed by atoms with van der Waals surface area (Å²) < 4.78 is 46.1. The van der Waals surface area contributed by atoms with E-state index in [1.165, 1.54) is 38.3 Å². The van der Waals surface area contributed by atoms with Gasteiger partial charge in [0.05, 0.1) is 18.1 Å². The fourth-order valence-electron chi connectivity index (χ4n) is 1.97. The molecule has 0 radical (unpaired) electrons. The highest BCUT2D eigenvalue weighted by Crippen LogP contribution is 2.38. The van der Waals surface area contributed by atoms with Gasteiger partial charge in [0, 0.05) is 11.6 Å². The molecule has 0 aromatic heterocycles. The highest BCUT2D eigenvalue weighted by molar-refractivity contribution is 6.22. The normalized spacial score (nSPS) is 12.3. The SMILES string of the molecule is COc1cccc(F)c1C(Cl)c1cc(C)c(F)cc1F. The molecule has 0 aliphatic rings. The fourth-order valence-corrected chi connectivity index (χ4v) is 2.35. The molecule has 1 atom stereocenters. The van der Waals surface area contributed by atoms with Crippen LogP contribution in [0.4, 0.5) is 13.2 Å². The van der Waals surface area contributed by atoms with E-state index >= 15 is 0 Å². The van der Waals surface area contributed by atoms with Gasteiger partial charge in [-0.2, -0.15) is 0 Å². The highest BCUT2D eigenvalue weighted by atomic mass is 35.5. The number of benzene rings is 2. The van der Waals surface area contributed by atoms with E-state index < -0.39 is 22.8 Å². The number of hydrogen-bond acceptors (Lipinski definition) is 1. The van der Waals surface area contributed by atoms with Crippen molar-refractivity contribution < 1.29 is 17.9 Å². The van der Waals surface area contributed by atoms with Crippen LogP contribution in [0.1, 0.15) is 22.1 Å². The minimum absolute atomic E-state index is 0.00830. The Morgan fingerprint density at radius 2 is 1.75 bits per heavy atom. The van der Waals surface area contributed by atoms with Crippen molar-refractivity contribution in [1.29, 1.82) is 0 Å². The van der Waals surface area contributed by atoms with E-state index in [4.69, 9.17) is 16.3 Å². The van der Waals surface area contributed by atoms with Crippen molar-refractivity contribution in [2.45, 2.75) is 12.3 Å². The molecule has 0 saturated heterocycles. The number of halogens is 4. The predicted octanol–water partition coefficient (Wildman–Crippen LogP) is 4.75. The Bertz CT molecular complexity index is 643. The van der Waals surface area contributed by atoms with Gasteiger partial charge in [-0.1, -0.05) is 6.07 Å². The Hall–Kier alpha value is -1.68. The molecule has 20 heavy (non-hydrogen) atoms. The lowest BCUT2D eigenvalue weighted by molar-refractivity contribution is 0.404. The molecule has 0 amide bonds. The van der Waals surface area contributed by atoms with E-state index in [2.05, 4.69) is 0 Å². The summed E-state index contributed by atoms with van der Waals surface area (Å²) in [6.07, 6.45) is 0. The van der Waals surface area contributed by atoms with Crippen LogP contribution in [0, 0.1) is 24.4 Å². The smallest absolute Gasteiger partial charge is 0.131 e. The minimum Gasteiger partial charge on any atom is -0.496 e. The average Bonchev–Trinajstić information content (AvgIpc) is 2.41. The molecule has 0 bridgehead atoms. The maximum atomic E-state index is 13.9. The number of ether oxygens (including phenoxy) is 1. The first kappa shape index (κ1) is 14.7. The fraction of sp³-hybridized carbons (Fsp3) is 0.200. The summed E-state index contributed by atoms with van der Waals surface area (Å²) in [7, 11) is 1.37. The Morgan fingerprint density at radius 1 is 1.05 bits per heavy atom. The number of methoxy groups -OCH3 is 1. The van der Waals surface area contributed by atoms with Gasteiger partial charge in [-0.25, -0.2) is 13.2 Å². The van der Waals surface area contributed by atoms with Gasteiger partial charge >= 0.3 is 0 Å². The summed E-state index contributed by atoms with van der Waals surface area (Å²) in [5.41, 5.74) is 0.276. The molecule has 2 aromatic rings. The maximum absolute atomic E-state index is 13.9. The third-order valence-electron chi connectivity index (χ3n) is 3.04. The second kappa shape index (κ2) is 5.75. The van der Waals surface area contributed by atoms with Crippen LogP contribution in [0.25, 0.3) is 0 Å². The largest absolute Gasteiger partial charge is 0.496 e. The van der Waals surface area contributed by atoms with Crippen molar-refractivity contribution in [3.8, 4) is 5.75 Å². The second-order valence-electron chi connectivity index (χ2n) is 4.34. The molecule has 0 saturated carbocycles. The van der Waals surface area contributed by atoms with Crippen LogP contribution in [0.5, 0.6) is 5.75 Å². The van der Waals surface area contributed by atoms with Crippen LogP contribution < -0.4 is 4.74 Å². The maximum Gasteiger partial charge on any atom is 0.131 e. The number of rotatable bonds is 3. The standard InChI is InChI=1S/C15H12ClF3O/c1-8-6-9(12(19)7-11(8)18)15(16)14-10(17)4-3-5-13(14)20-2/h3-7,15H,1-2H3. The molecule has 2 aromatic carbocycles. The lowest BCUT2D eigenvalue weighted by Crippen LogP contribution is -2.04. The van der Waals surface area contributed by atoms with Crippen molar-refractivity contribution >= 4 is 11.6 Å². The molecule has 1 nitrogen and oxygen atoms in total. The quantitative estimate of drug-likeness (QED) is 0.743. The van der Waals surface area contributed by atoms with Crippen molar-refractivity contribution in [1.82, 2.24) is 0 Å². The van der Waals surface area contributed by atoms with Gasteiger partial charge in [0.15, 0.2) is 0 Å². The van der Waals surface area contributed by atoms with Crippen LogP contribution in [-0.2, 0) is 0 Å². The zero-order chi connectivity index (χ0) is 14.9. The molecule has 0 aliphatic heterocycles. The van der Waals surface area contributed by atoms with Crippen LogP contribution in [0.2, 0.25) is 0 Å². The number of aryl methyl sites for hydroxylation is 1. The van der Waals surface area contributed by atoms with E-state index in [-0.39, 0.29) is 22.4 Å². The van der Waals surface area contributed by atoms with E-state index in [1.807, 2.05) is 0 Å². The monoisotopic (exact) mass is 300 g/mol. The third kappa shape index (κ3) is 2.61. The zero-order valence-corrected chi connectivity index (χ0v) is 11.6. The topological polar surface area (TPSA) is 9.23 Å². The summed E-state index contributed by atoms with van der Waals surface area (Å²) in [5, 5.41) is -1.11. The number of alkyl halides is 1. The van der Waals surface area contributed by atoms with Gasteiger partial charge in [-0.3, -0.25) is 0 Å². The first-order valence-electron chi connectivity index (χ1n) is 5.87. The number of hydrogen-bond donors (Lipinski definition) is 0. The Morgan fingerprint density at radius 3 is 2.40 bits per heavy atom. The van der Waals surface area contributed by atoms with E-state index in [1.54, 1.807) is 0 Å². The predicted molar refractivity (Wildman–Crippen MR) is 71.7 cm³/mol. The lowest BCUT2D eigenvalue weighted by atomic mass is 10.0. The van der Waals surface area contributed by atoms with E-state index in [0.717, 1.165) is 6.07 Å². The summed E-state index contributed by atoms with van der Waals surface area (Å²) in [6.45, 7) is 1.49. The van der Waals surface area contributed by atoms with Gasteiger partial charge in [0.1, 0.15) is 23.2 Å². The van der Waals surface area contributed by atoms with Crippen molar-refractivity contribution in [2.75, 3.05) is 7.11 Å². The Kier molecular flexibility index (Phi) is 4.23. The lowest BCUT2D eigenvalue weighted by Gasteiger charge is -2.16.